The van der Waals surface area contributed by atoms with Crippen molar-refractivity contribution in [3.8, 4) is 0 Å². The molecule has 19 heavy (non-hydrogen) atoms. The van der Waals surface area contributed by atoms with Gasteiger partial charge in [-0.25, -0.2) is 0 Å². The summed E-state index contributed by atoms with van der Waals surface area (Å²) in [6.45, 7) is 10.1. The summed E-state index contributed by atoms with van der Waals surface area (Å²) in [6, 6.07) is 9.59. The van der Waals surface area contributed by atoms with E-state index >= 15 is 0 Å². The molecule has 0 bridgehead atoms. The smallest absolute Gasteiger partial charge is 0.0343 e. The SMILES string of the molecule is CCSCCCNC(c1ccc(CC)cc1)C(C)C. The predicted octanol–water partition coefficient (Wildman–Crippen LogP) is 4.68. The van der Waals surface area contributed by atoms with Gasteiger partial charge in [0.25, 0.3) is 0 Å². The van der Waals surface area contributed by atoms with E-state index in [0.29, 0.717) is 12.0 Å². The molecule has 1 aromatic rings. The lowest BCUT2D eigenvalue weighted by Gasteiger charge is -2.23. The van der Waals surface area contributed by atoms with Crippen LogP contribution in [0.4, 0.5) is 0 Å². The van der Waals surface area contributed by atoms with Gasteiger partial charge < -0.3 is 5.32 Å². The van der Waals surface area contributed by atoms with E-state index in [1.165, 1.54) is 29.1 Å². The molecule has 1 aromatic carbocycles. The molecular formula is C17H29NS. The molecule has 0 amide bonds. The maximum Gasteiger partial charge on any atom is 0.0343 e. The zero-order valence-electron chi connectivity index (χ0n) is 12.9. The Balaban J connectivity index is 2.51. The maximum atomic E-state index is 3.72. The van der Waals surface area contributed by atoms with Crippen LogP contribution in [0.15, 0.2) is 24.3 Å². The van der Waals surface area contributed by atoms with Gasteiger partial charge in [0.05, 0.1) is 0 Å². The zero-order valence-corrected chi connectivity index (χ0v) is 13.7. The number of hydrogen-bond acceptors (Lipinski definition) is 2. The first-order valence-corrected chi connectivity index (χ1v) is 8.74. The molecule has 1 atom stereocenters. The highest BCUT2D eigenvalue weighted by Gasteiger charge is 2.14. The highest BCUT2D eigenvalue weighted by Crippen LogP contribution is 2.22. The van der Waals surface area contributed by atoms with Crippen molar-refractivity contribution in [2.45, 2.75) is 46.6 Å². The molecule has 0 radical (unpaired) electrons. The molecular weight excluding hydrogens is 250 g/mol. The van der Waals surface area contributed by atoms with Crippen LogP contribution < -0.4 is 5.32 Å². The molecule has 0 heterocycles. The van der Waals surface area contributed by atoms with E-state index in [-0.39, 0.29) is 0 Å². The minimum atomic E-state index is 0.484. The summed E-state index contributed by atoms with van der Waals surface area (Å²) in [5.41, 5.74) is 2.85. The number of nitrogens with one attached hydrogen (secondary N) is 1. The van der Waals surface area contributed by atoms with Crippen LogP contribution >= 0.6 is 11.8 Å². The van der Waals surface area contributed by atoms with Gasteiger partial charge in [0.1, 0.15) is 0 Å². The molecule has 2 heteroatoms. The topological polar surface area (TPSA) is 12.0 Å². The fraction of sp³-hybridized carbons (Fsp3) is 0.647. The second-order valence-corrected chi connectivity index (χ2v) is 6.72. The Hall–Kier alpha value is -0.470. The van der Waals surface area contributed by atoms with Crippen molar-refractivity contribution in [2.24, 2.45) is 5.92 Å². The molecule has 0 spiro atoms. The molecule has 1 N–H and O–H groups in total. The second kappa shape index (κ2) is 9.44. The number of thioether (sulfide) groups is 1. The molecule has 0 aliphatic heterocycles. The molecule has 0 aliphatic rings. The Morgan fingerprint density at radius 3 is 2.32 bits per heavy atom. The Bertz CT molecular complexity index is 332. The van der Waals surface area contributed by atoms with Crippen molar-refractivity contribution >= 4 is 11.8 Å². The second-order valence-electron chi connectivity index (χ2n) is 5.32. The summed E-state index contributed by atoms with van der Waals surface area (Å²) in [7, 11) is 0. The van der Waals surface area contributed by atoms with Gasteiger partial charge in [-0.3, -0.25) is 0 Å². The summed E-state index contributed by atoms with van der Waals surface area (Å²) < 4.78 is 0. The molecule has 1 rings (SSSR count). The van der Waals surface area contributed by atoms with Crippen molar-refractivity contribution in [2.75, 3.05) is 18.1 Å². The summed E-state index contributed by atoms with van der Waals surface area (Å²) in [5, 5.41) is 3.72. The lowest BCUT2D eigenvalue weighted by atomic mass is 9.95. The monoisotopic (exact) mass is 279 g/mol. The van der Waals surface area contributed by atoms with E-state index in [1.807, 2.05) is 11.8 Å². The minimum Gasteiger partial charge on any atom is -0.310 e. The van der Waals surface area contributed by atoms with Crippen LogP contribution in [0.1, 0.15) is 51.3 Å². The summed E-state index contributed by atoms with van der Waals surface area (Å²) in [5.74, 6) is 3.13. The number of hydrogen-bond donors (Lipinski definition) is 1. The highest BCUT2D eigenvalue weighted by molar-refractivity contribution is 7.99. The Kier molecular flexibility index (Phi) is 8.24. The third-order valence-corrected chi connectivity index (χ3v) is 4.43. The average molecular weight is 279 g/mol. The molecule has 1 nitrogen and oxygen atoms in total. The Morgan fingerprint density at radius 1 is 1.11 bits per heavy atom. The predicted molar refractivity (Wildman–Crippen MR) is 89.0 cm³/mol. The number of aryl methyl sites for hydroxylation is 1. The van der Waals surface area contributed by atoms with Crippen molar-refractivity contribution in [3.05, 3.63) is 35.4 Å². The number of benzene rings is 1. The molecule has 0 saturated heterocycles. The lowest BCUT2D eigenvalue weighted by Crippen LogP contribution is -2.27. The first-order chi connectivity index (χ1) is 9.19. The van der Waals surface area contributed by atoms with E-state index < -0.39 is 0 Å². The summed E-state index contributed by atoms with van der Waals surface area (Å²) in [4.78, 5) is 0. The van der Waals surface area contributed by atoms with Crippen LogP contribution in [0, 0.1) is 5.92 Å². The molecule has 0 aliphatic carbocycles. The first-order valence-electron chi connectivity index (χ1n) is 7.59. The first kappa shape index (κ1) is 16.6. The quantitative estimate of drug-likeness (QED) is 0.659. The van der Waals surface area contributed by atoms with E-state index in [0.717, 1.165) is 13.0 Å². The van der Waals surface area contributed by atoms with Crippen molar-refractivity contribution < 1.29 is 0 Å². The third-order valence-electron chi connectivity index (χ3n) is 3.45. The average Bonchev–Trinajstić information content (AvgIpc) is 2.43. The van der Waals surface area contributed by atoms with Crippen molar-refractivity contribution in [1.29, 1.82) is 0 Å². The van der Waals surface area contributed by atoms with Gasteiger partial charge in [0, 0.05) is 6.04 Å². The number of rotatable bonds is 9. The fourth-order valence-electron chi connectivity index (χ4n) is 2.28. The zero-order chi connectivity index (χ0) is 14.1. The van der Waals surface area contributed by atoms with Crippen LogP contribution in [-0.2, 0) is 6.42 Å². The van der Waals surface area contributed by atoms with Crippen LogP contribution in [-0.4, -0.2) is 18.1 Å². The minimum absolute atomic E-state index is 0.484. The standard InChI is InChI=1S/C17H29NS/c1-5-15-8-10-16(11-9-15)17(14(3)4)18-12-7-13-19-6-2/h8-11,14,17-18H,5-7,12-13H2,1-4H3. The van der Waals surface area contributed by atoms with Crippen LogP contribution in [0.3, 0.4) is 0 Å². The van der Waals surface area contributed by atoms with Gasteiger partial charge in [-0.2, -0.15) is 11.8 Å². The molecule has 0 saturated carbocycles. The largest absolute Gasteiger partial charge is 0.310 e. The Morgan fingerprint density at radius 2 is 1.79 bits per heavy atom. The maximum absolute atomic E-state index is 3.72. The molecule has 1 unspecified atom stereocenters. The van der Waals surface area contributed by atoms with Crippen molar-refractivity contribution in [1.82, 2.24) is 5.32 Å². The normalized spacial score (nSPS) is 12.9. The van der Waals surface area contributed by atoms with Crippen LogP contribution in [0.25, 0.3) is 0 Å². The molecule has 0 fully saturated rings. The summed E-state index contributed by atoms with van der Waals surface area (Å²) >= 11 is 2.03. The lowest BCUT2D eigenvalue weighted by molar-refractivity contribution is 0.413. The van der Waals surface area contributed by atoms with Gasteiger partial charge in [0.2, 0.25) is 0 Å². The van der Waals surface area contributed by atoms with E-state index in [1.54, 1.807) is 0 Å². The summed E-state index contributed by atoms with van der Waals surface area (Å²) in [6.07, 6.45) is 2.38. The van der Waals surface area contributed by atoms with E-state index in [2.05, 4.69) is 57.3 Å². The van der Waals surface area contributed by atoms with Gasteiger partial charge in [-0.05, 0) is 47.9 Å². The highest BCUT2D eigenvalue weighted by atomic mass is 32.2. The van der Waals surface area contributed by atoms with Gasteiger partial charge in [-0.15, -0.1) is 0 Å². The molecule has 108 valence electrons. The fourth-order valence-corrected chi connectivity index (χ4v) is 2.91. The van der Waals surface area contributed by atoms with Gasteiger partial charge in [0.15, 0.2) is 0 Å². The van der Waals surface area contributed by atoms with Crippen LogP contribution in [0.2, 0.25) is 0 Å². The van der Waals surface area contributed by atoms with Crippen LogP contribution in [0.5, 0.6) is 0 Å². The van der Waals surface area contributed by atoms with Gasteiger partial charge in [-0.1, -0.05) is 52.0 Å². The van der Waals surface area contributed by atoms with Gasteiger partial charge >= 0.3 is 0 Å². The molecule has 0 aromatic heterocycles. The van der Waals surface area contributed by atoms with E-state index in [4.69, 9.17) is 0 Å². The Labute approximate surface area is 123 Å². The van der Waals surface area contributed by atoms with Crippen molar-refractivity contribution in [3.63, 3.8) is 0 Å². The van der Waals surface area contributed by atoms with E-state index in [9.17, 15) is 0 Å². The third kappa shape index (κ3) is 6.01.